The van der Waals surface area contributed by atoms with Crippen LogP contribution in [0.1, 0.15) is 66.8 Å². The first kappa shape index (κ1) is 56.0. The second-order valence-corrected chi connectivity index (χ2v) is 29.6. The fourth-order valence-corrected chi connectivity index (χ4v) is 10.4. The Morgan fingerprint density at radius 3 is 0.861 bits per heavy atom. The Morgan fingerprint density at radius 2 is 0.583 bits per heavy atom. The molecule has 0 N–H and O–H groups in total. The third-order valence-corrected chi connectivity index (χ3v) is 13.1. The number of aryl methyl sites for hydroxylation is 12. The summed E-state index contributed by atoms with van der Waals surface area (Å²) < 4.78 is 0. The number of benzene rings is 8. The van der Waals surface area contributed by atoms with Crippen LogP contribution in [0.5, 0.6) is 0 Å². The Hall–Kier alpha value is -5.34. The predicted molar refractivity (Wildman–Crippen MR) is 304 cm³/mol. The summed E-state index contributed by atoms with van der Waals surface area (Å²) in [4.78, 5) is 0. The summed E-state index contributed by atoms with van der Waals surface area (Å²) in [5, 5.41) is 5.44. The van der Waals surface area contributed by atoms with Crippen LogP contribution in [0.2, 0.25) is 13.1 Å². The zero-order valence-corrected chi connectivity index (χ0v) is 48.9. The standard InChI is InChI=1S/2C33H31.C2H6Si.2ClH.Zr/c2*1-22-14-23(2)17-28(16-22)30-12-13-31(29-18-24(3)15-25(4)19-29)33-21-27(20-32(30)33)11-10-26-8-6-5-7-9-26;1-3-2;;;/h2*5-9,12-21H,10-11H2,1-4H3;1-2H3;2*1H;/q2*-1;;;;+2/p-2. The molecule has 0 aliphatic heterocycles. The number of halogens is 2. The molecule has 0 aromatic heterocycles. The molecule has 0 amide bonds. The van der Waals surface area contributed by atoms with Gasteiger partial charge in [0.2, 0.25) is 0 Å². The second kappa shape index (κ2) is 25.5. The van der Waals surface area contributed by atoms with Gasteiger partial charge in [-0.2, -0.15) is 12.1 Å². The van der Waals surface area contributed by atoms with Crippen LogP contribution >= 0.6 is 0 Å². The topological polar surface area (TPSA) is 0 Å². The summed E-state index contributed by atoms with van der Waals surface area (Å²) in [5.74, 6) is 0. The van der Waals surface area contributed by atoms with Gasteiger partial charge in [0.15, 0.2) is 0 Å². The van der Waals surface area contributed by atoms with Crippen LogP contribution in [-0.2, 0) is 49.0 Å². The van der Waals surface area contributed by atoms with Crippen LogP contribution in [0, 0.1) is 55.4 Å². The van der Waals surface area contributed by atoms with Crippen molar-refractivity contribution < 1.29 is 48.1 Å². The van der Waals surface area contributed by atoms with E-state index in [-0.39, 0.29) is 30.2 Å². The molecule has 0 heterocycles. The van der Waals surface area contributed by atoms with Gasteiger partial charge in [-0.1, -0.05) is 236 Å². The molecule has 0 nitrogen and oxygen atoms in total. The van der Waals surface area contributed by atoms with Gasteiger partial charge in [-0.25, -0.2) is 0 Å². The fourth-order valence-electron chi connectivity index (χ4n) is 10.4. The third kappa shape index (κ3) is 14.5. The summed E-state index contributed by atoms with van der Waals surface area (Å²) in [6, 6.07) is 68.1. The van der Waals surface area contributed by atoms with Gasteiger partial charge in [0.05, 0.1) is 0 Å². The number of fused-ring (bicyclic) bond motifs is 2. The Kier molecular flexibility index (Phi) is 19.9. The molecule has 0 atom stereocenters. The molecule has 0 aliphatic rings. The van der Waals surface area contributed by atoms with Crippen LogP contribution < -0.4 is 24.8 Å². The molecule has 10 aromatic carbocycles. The van der Waals surface area contributed by atoms with Crippen LogP contribution in [0.3, 0.4) is 0 Å². The van der Waals surface area contributed by atoms with Crippen molar-refractivity contribution in [1.29, 1.82) is 0 Å². The van der Waals surface area contributed by atoms with E-state index >= 15 is 0 Å². The Bertz CT molecular complexity index is 2960. The molecule has 0 unspecified atom stereocenters. The van der Waals surface area contributed by atoms with Gasteiger partial charge < -0.3 is 24.8 Å². The maximum Gasteiger partial charge on any atom is -0.0254 e. The van der Waals surface area contributed by atoms with E-state index in [1.807, 2.05) is 0 Å². The van der Waals surface area contributed by atoms with Crippen molar-refractivity contribution in [3.05, 3.63) is 249 Å². The van der Waals surface area contributed by atoms with Crippen LogP contribution in [-0.4, -0.2) is 5.43 Å². The first-order valence-electron chi connectivity index (χ1n) is 25.0. The summed E-state index contributed by atoms with van der Waals surface area (Å²) in [7, 11) is 0. The molecule has 72 heavy (non-hydrogen) atoms. The van der Waals surface area contributed by atoms with Gasteiger partial charge in [0.1, 0.15) is 0 Å². The molecule has 0 saturated carbocycles. The van der Waals surface area contributed by atoms with Crippen molar-refractivity contribution in [3.63, 3.8) is 0 Å². The third-order valence-electron chi connectivity index (χ3n) is 13.1. The van der Waals surface area contributed by atoms with Crippen LogP contribution in [0.25, 0.3) is 66.1 Å². The summed E-state index contributed by atoms with van der Waals surface area (Å²) in [6.45, 7) is 22.1. The van der Waals surface area contributed by atoms with Gasteiger partial charge in [0, 0.05) is 0 Å². The van der Waals surface area contributed by atoms with E-state index in [1.165, 1.54) is 133 Å². The Morgan fingerprint density at radius 1 is 0.333 bits per heavy atom. The molecule has 4 heteroatoms. The smallest absolute Gasteiger partial charge is 0.0254 e. The molecule has 0 aliphatic carbocycles. The van der Waals surface area contributed by atoms with E-state index < -0.39 is 0 Å². The maximum atomic E-state index is 2.43. The second-order valence-electron chi connectivity index (χ2n) is 20.2. The van der Waals surface area contributed by atoms with Crippen molar-refractivity contribution in [2.45, 2.75) is 94.2 Å². The SMILES string of the molecule is C[Si](C)=[Zr+2].Cc1cc(C)cc(-c2ccc(-c3cc(C)cc(C)c3)c3[cH-]c(CCc4ccccc4)cc23)c1.Cc1cc(C)cc(-c2ccc(-c3cc(C)cc(C)c3)c3[cH-]c(CCc4ccccc4)cc23)c1.[Cl-].[Cl-]. The van der Waals surface area contributed by atoms with Gasteiger partial charge in [-0.05, 0) is 103 Å². The molecule has 0 spiro atoms. The van der Waals surface area contributed by atoms with Gasteiger partial charge >= 0.3 is 41.9 Å². The average Bonchev–Trinajstić information content (AvgIpc) is 3.94. The van der Waals surface area contributed by atoms with Crippen molar-refractivity contribution in [1.82, 2.24) is 0 Å². The largest absolute Gasteiger partial charge is 1.00 e. The number of hydrogen-bond acceptors (Lipinski definition) is 0. The quantitative estimate of drug-likeness (QED) is 0.0946. The van der Waals surface area contributed by atoms with Crippen LogP contribution in [0.4, 0.5) is 0 Å². The first-order chi connectivity index (χ1) is 33.6. The van der Waals surface area contributed by atoms with E-state index in [0.29, 0.717) is 0 Å². The average molecular weight is 1080 g/mol. The Labute approximate surface area is 458 Å². The molecule has 0 fully saturated rings. The minimum atomic E-state index is 0. The number of rotatable bonds is 10. The minimum absolute atomic E-state index is 0. The zero-order valence-electron chi connectivity index (χ0n) is 43.9. The predicted octanol–water partition coefficient (Wildman–Crippen LogP) is 12.6. The summed E-state index contributed by atoms with van der Waals surface area (Å²) in [6.07, 6.45) is 4.23. The molecular weight excluding hydrogens is 1010 g/mol. The van der Waals surface area contributed by atoms with E-state index in [2.05, 4.69) is 250 Å². The molecule has 0 bridgehead atoms. The summed E-state index contributed by atoms with van der Waals surface area (Å²) >= 11 is 1.74. The normalized spacial score (nSPS) is 10.7. The van der Waals surface area contributed by atoms with Gasteiger partial charge in [0.25, 0.3) is 0 Å². The van der Waals surface area contributed by atoms with E-state index in [4.69, 9.17) is 0 Å². The summed E-state index contributed by atoms with van der Waals surface area (Å²) in [5.41, 5.74) is 26.9. The first-order valence-corrected chi connectivity index (χ1v) is 31.2. The maximum absolute atomic E-state index is 2.43. The van der Waals surface area contributed by atoms with Crippen molar-refractivity contribution in [3.8, 4) is 44.5 Å². The van der Waals surface area contributed by atoms with E-state index in [0.717, 1.165) is 25.7 Å². The van der Waals surface area contributed by atoms with Crippen molar-refractivity contribution >= 4 is 27.0 Å². The van der Waals surface area contributed by atoms with Crippen molar-refractivity contribution in [2.75, 3.05) is 0 Å². The molecular formula is C68H68Cl2SiZr-2. The zero-order chi connectivity index (χ0) is 49.5. The molecule has 364 valence electrons. The van der Waals surface area contributed by atoms with E-state index in [9.17, 15) is 0 Å². The van der Waals surface area contributed by atoms with Gasteiger partial charge in [-0.15, -0.1) is 44.8 Å². The molecule has 0 saturated heterocycles. The number of hydrogen-bond donors (Lipinski definition) is 0. The molecule has 10 rings (SSSR count). The monoisotopic (exact) mass is 1070 g/mol. The molecule has 10 aromatic rings. The van der Waals surface area contributed by atoms with Gasteiger partial charge in [-0.3, -0.25) is 0 Å². The molecule has 0 radical (unpaired) electrons. The fraction of sp³-hybridized carbons (Fsp3) is 0.206. The Balaban J connectivity index is 0.000000214. The van der Waals surface area contributed by atoms with E-state index in [1.54, 1.807) is 23.3 Å². The van der Waals surface area contributed by atoms with Crippen molar-refractivity contribution in [2.24, 2.45) is 0 Å². The van der Waals surface area contributed by atoms with Crippen LogP contribution in [0.15, 0.2) is 182 Å². The minimum Gasteiger partial charge on any atom is -1.00 e.